The van der Waals surface area contributed by atoms with Crippen molar-refractivity contribution in [2.45, 2.75) is 11.4 Å². The second-order valence-corrected chi connectivity index (χ2v) is 8.11. The van der Waals surface area contributed by atoms with Gasteiger partial charge in [-0.15, -0.1) is 11.3 Å². The van der Waals surface area contributed by atoms with Gasteiger partial charge in [0.05, 0.1) is 10.5 Å². The van der Waals surface area contributed by atoms with Crippen LogP contribution in [-0.2, 0) is 16.6 Å². The SMILES string of the molecule is NS(=O)(=O)c1cc(C(=O)O)c(NCc2cccs2)cc1-c1ccccc1. The number of thiophene rings is 1. The maximum Gasteiger partial charge on any atom is 0.337 e. The molecule has 8 heteroatoms. The third-order valence-electron chi connectivity index (χ3n) is 3.77. The molecule has 0 aliphatic heterocycles. The lowest BCUT2D eigenvalue weighted by Gasteiger charge is -2.15. The fraction of sp³-hybridized carbons (Fsp3) is 0.0556. The van der Waals surface area contributed by atoms with E-state index in [-0.39, 0.29) is 10.5 Å². The number of hydrogen-bond donors (Lipinski definition) is 3. The molecule has 0 aliphatic carbocycles. The third kappa shape index (κ3) is 3.93. The van der Waals surface area contributed by atoms with Crippen LogP contribution >= 0.6 is 11.3 Å². The monoisotopic (exact) mass is 388 g/mol. The summed E-state index contributed by atoms with van der Waals surface area (Å²) in [6, 6.07) is 15.3. The van der Waals surface area contributed by atoms with E-state index in [9.17, 15) is 18.3 Å². The number of nitrogens with one attached hydrogen (secondary N) is 1. The zero-order chi connectivity index (χ0) is 18.7. The van der Waals surface area contributed by atoms with Crippen LogP contribution in [0.4, 0.5) is 5.69 Å². The summed E-state index contributed by atoms with van der Waals surface area (Å²) in [5, 5.41) is 19.8. The first-order chi connectivity index (χ1) is 12.4. The van der Waals surface area contributed by atoms with E-state index in [1.54, 1.807) is 24.3 Å². The van der Waals surface area contributed by atoms with Gasteiger partial charge in [0.15, 0.2) is 0 Å². The van der Waals surface area contributed by atoms with Gasteiger partial charge in [0.25, 0.3) is 0 Å². The molecule has 0 aliphatic rings. The number of aromatic carboxylic acids is 1. The van der Waals surface area contributed by atoms with Crippen LogP contribution in [0.2, 0.25) is 0 Å². The molecule has 6 nitrogen and oxygen atoms in total. The number of hydrogen-bond acceptors (Lipinski definition) is 5. The van der Waals surface area contributed by atoms with Crippen LogP contribution in [0.1, 0.15) is 15.2 Å². The molecule has 26 heavy (non-hydrogen) atoms. The minimum atomic E-state index is -4.10. The van der Waals surface area contributed by atoms with E-state index in [1.165, 1.54) is 17.4 Å². The van der Waals surface area contributed by atoms with E-state index >= 15 is 0 Å². The summed E-state index contributed by atoms with van der Waals surface area (Å²) in [7, 11) is -4.10. The van der Waals surface area contributed by atoms with Crippen molar-refractivity contribution in [1.29, 1.82) is 0 Å². The average Bonchev–Trinajstić information content (AvgIpc) is 3.12. The standard InChI is InChI=1S/C18H16N2O4S2/c19-26(23,24)17-10-15(18(21)22)16(20-11-13-7-4-8-25-13)9-14(17)12-5-2-1-3-6-12/h1-10,20H,11H2,(H,21,22)(H2,19,23,24). The van der Waals surface area contributed by atoms with E-state index in [0.29, 0.717) is 23.4 Å². The van der Waals surface area contributed by atoms with Crippen LogP contribution in [0, 0.1) is 0 Å². The highest BCUT2D eigenvalue weighted by Gasteiger charge is 2.22. The number of nitrogens with two attached hydrogens (primary N) is 1. The van der Waals surface area contributed by atoms with Gasteiger partial charge in [-0.3, -0.25) is 0 Å². The fourth-order valence-electron chi connectivity index (χ4n) is 2.58. The van der Waals surface area contributed by atoms with Gasteiger partial charge in [0.1, 0.15) is 0 Å². The second kappa shape index (κ2) is 7.28. The Kier molecular flexibility index (Phi) is 5.08. The Hall–Kier alpha value is -2.68. The Morgan fingerprint density at radius 3 is 2.42 bits per heavy atom. The molecular weight excluding hydrogens is 372 g/mol. The van der Waals surface area contributed by atoms with Crippen molar-refractivity contribution in [3.8, 4) is 11.1 Å². The Morgan fingerprint density at radius 1 is 1.12 bits per heavy atom. The number of carboxylic acids is 1. The highest BCUT2D eigenvalue weighted by Crippen LogP contribution is 2.32. The summed E-state index contributed by atoms with van der Waals surface area (Å²) in [5.41, 5.74) is 1.17. The first-order valence-electron chi connectivity index (χ1n) is 7.62. The van der Waals surface area contributed by atoms with Crippen molar-refractivity contribution in [3.05, 3.63) is 70.4 Å². The zero-order valence-corrected chi connectivity index (χ0v) is 15.2. The highest BCUT2D eigenvalue weighted by molar-refractivity contribution is 7.89. The molecule has 0 saturated carbocycles. The Balaban J connectivity index is 2.15. The van der Waals surface area contributed by atoms with Gasteiger partial charge in [-0.25, -0.2) is 18.4 Å². The normalized spacial score (nSPS) is 11.3. The van der Waals surface area contributed by atoms with Gasteiger partial charge in [-0.1, -0.05) is 36.4 Å². The fourth-order valence-corrected chi connectivity index (χ4v) is 3.99. The van der Waals surface area contributed by atoms with E-state index in [2.05, 4.69) is 5.32 Å². The minimum Gasteiger partial charge on any atom is -0.478 e. The topological polar surface area (TPSA) is 109 Å². The zero-order valence-electron chi connectivity index (χ0n) is 13.5. The summed E-state index contributed by atoms with van der Waals surface area (Å²) in [6.45, 7) is 0.431. The van der Waals surface area contributed by atoms with Gasteiger partial charge in [-0.2, -0.15) is 0 Å². The number of carbonyl (C=O) groups is 1. The van der Waals surface area contributed by atoms with E-state index < -0.39 is 16.0 Å². The summed E-state index contributed by atoms with van der Waals surface area (Å²) in [6.07, 6.45) is 0. The van der Waals surface area contributed by atoms with Gasteiger partial charge in [0.2, 0.25) is 10.0 Å². The van der Waals surface area contributed by atoms with Crippen molar-refractivity contribution in [1.82, 2.24) is 0 Å². The molecule has 0 unspecified atom stereocenters. The maximum atomic E-state index is 12.0. The molecule has 3 rings (SSSR count). The molecule has 2 aromatic carbocycles. The quantitative estimate of drug-likeness (QED) is 0.600. The van der Waals surface area contributed by atoms with Gasteiger partial charge in [0, 0.05) is 22.7 Å². The summed E-state index contributed by atoms with van der Waals surface area (Å²) >= 11 is 1.54. The van der Waals surface area contributed by atoms with Crippen LogP contribution in [0.3, 0.4) is 0 Å². The summed E-state index contributed by atoms with van der Waals surface area (Å²) in [5.74, 6) is -1.23. The van der Waals surface area contributed by atoms with Gasteiger partial charge >= 0.3 is 5.97 Å². The summed E-state index contributed by atoms with van der Waals surface area (Å²) in [4.78, 5) is 12.4. The second-order valence-electron chi connectivity index (χ2n) is 5.54. The number of primary sulfonamides is 1. The van der Waals surface area contributed by atoms with Crippen molar-refractivity contribution in [2.75, 3.05) is 5.32 Å². The molecule has 0 spiro atoms. The molecule has 0 amide bonds. The molecule has 0 bridgehead atoms. The predicted octanol–water partition coefficient (Wildman–Crippen LogP) is 3.37. The lowest BCUT2D eigenvalue weighted by molar-refractivity contribution is 0.0697. The van der Waals surface area contributed by atoms with Crippen molar-refractivity contribution < 1.29 is 18.3 Å². The molecule has 1 aromatic heterocycles. The first-order valence-corrected chi connectivity index (χ1v) is 10.0. The number of rotatable bonds is 6. The van der Waals surface area contributed by atoms with Crippen LogP contribution in [0.15, 0.2) is 64.9 Å². The number of benzene rings is 2. The van der Waals surface area contributed by atoms with Crippen molar-refractivity contribution >= 4 is 33.0 Å². The smallest absolute Gasteiger partial charge is 0.337 e. The number of carboxylic acid groups (broad SMARTS) is 1. The average molecular weight is 388 g/mol. The van der Waals surface area contributed by atoms with E-state index in [4.69, 9.17) is 5.14 Å². The summed E-state index contributed by atoms with van der Waals surface area (Å²) < 4.78 is 24.0. The Morgan fingerprint density at radius 2 is 1.85 bits per heavy atom. The Labute approximate surface area is 155 Å². The molecule has 134 valence electrons. The van der Waals surface area contributed by atoms with Crippen LogP contribution in [0.5, 0.6) is 0 Å². The van der Waals surface area contributed by atoms with Crippen LogP contribution in [0.25, 0.3) is 11.1 Å². The first kappa shape index (κ1) is 18.1. The maximum absolute atomic E-state index is 12.0. The van der Waals surface area contributed by atoms with Crippen LogP contribution < -0.4 is 10.5 Å². The predicted molar refractivity (Wildman–Crippen MR) is 102 cm³/mol. The van der Waals surface area contributed by atoms with Crippen molar-refractivity contribution in [3.63, 3.8) is 0 Å². The molecule has 4 N–H and O–H groups in total. The number of anilines is 1. The molecule has 1 heterocycles. The van der Waals surface area contributed by atoms with E-state index in [1.807, 2.05) is 23.6 Å². The molecule has 0 saturated heterocycles. The molecule has 3 aromatic rings. The highest BCUT2D eigenvalue weighted by atomic mass is 32.2. The molecule has 0 fully saturated rings. The lowest BCUT2D eigenvalue weighted by Crippen LogP contribution is -2.16. The Bertz CT molecular complexity index is 1030. The number of sulfonamides is 1. The van der Waals surface area contributed by atoms with Gasteiger partial charge in [-0.05, 0) is 29.1 Å². The lowest BCUT2D eigenvalue weighted by atomic mass is 10.0. The molecular formula is C18H16N2O4S2. The minimum absolute atomic E-state index is 0.148. The van der Waals surface area contributed by atoms with Gasteiger partial charge < -0.3 is 10.4 Å². The third-order valence-corrected chi connectivity index (χ3v) is 5.60. The largest absolute Gasteiger partial charge is 0.478 e. The van der Waals surface area contributed by atoms with E-state index in [0.717, 1.165) is 10.9 Å². The molecule has 0 radical (unpaired) electrons. The molecule has 0 atom stereocenters. The van der Waals surface area contributed by atoms with Crippen molar-refractivity contribution in [2.24, 2.45) is 5.14 Å². The van der Waals surface area contributed by atoms with Crippen LogP contribution in [-0.4, -0.2) is 19.5 Å².